The smallest absolute Gasteiger partial charge is 0.220 e. The topological polar surface area (TPSA) is 89.8 Å². The molecule has 0 aliphatic rings. The van der Waals surface area contributed by atoms with Crippen LogP contribution in [0.15, 0.2) is 48.6 Å². The SMILES string of the molecule is CC/C=C\C/C=C\CCCCCCCCCCCCCCCCC(=O)NC(CO)C(O)C(O)CCC/C=C/CC/C=C/CCCCCCCCCCCCCC. The summed E-state index contributed by atoms with van der Waals surface area (Å²) in [5.41, 5.74) is 0. The summed E-state index contributed by atoms with van der Waals surface area (Å²) in [5.74, 6) is -0.159. The maximum Gasteiger partial charge on any atom is 0.220 e. The average molecular weight is 786 g/mol. The summed E-state index contributed by atoms with van der Waals surface area (Å²) in [4.78, 5) is 12.5. The number of unbranched alkanes of at least 4 members (excludes halogenated alkanes) is 28. The lowest BCUT2D eigenvalue weighted by Gasteiger charge is -2.26. The molecule has 0 bridgehead atoms. The first-order valence-corrected chi connectivity index (χ1v) is 24.4. The van der Waals surface area contributed by atoms with E-state index >= 15 is 0 Å². The van der Waals surface area contributed by atoms with Gasteiger partial charge in [0.25, 0.3) is 0 Å². The standard InChI is InChI=1S/C51H95NO4/c1-3-5-7-9-11-13-15-17-19-21-23-25-27-29-31-33-35-37-39-41-43-45-49(54)51(56)48(47-53)52-50(55)46-44-42-40-38-36-34-32-30-28-26-24-22-20-18-16-14-12-10-8-6-4-2/h6,8,12,14,29,31,37,39,48-49,51,53-54,56H,3-5,7,9-11,13,15-28,30,32-36,38,40-47H2,1-2H3,(H,52,55)/b8-6-,14-12-,31-29+,39-37+. The predicted molar refractivity (Wildman–Crippen MR) is 245 cm³/mol. The van der Waals surface area contributed by atoms with Crippen LogP contribution in [0.25, 0.3) is 0 Å². The number of hydrogen-bond donors (Lipinski definition) is 4. The van der Waals surface area contributed by atoms with Crippen molar-refractivity contribution in [1.82, 2.24) is 5.32 Å². The van der Waals surface area contributed by atoms with Crippen molar-refractivity contribution in [2.24, 2.45) is 0 Å². The molecular weight excluding hydrogens is 691 g/mol. The normalized spacial score (nSPS) is 13.9. The maximum atomic E-state index is 12.5. The van der Waals surface area contributed by atoms with Crippen molar-refractivity contribution in [1.29, 1.82) is 0 Å². The van der Waals surface area contributed by atoms with Gasteiger partial charge in [-0.25, -0.2) is 0 Å². The molecule has 0 radical (unpaired) electrons. The van der Waals surface area contributed by atoms with Gasteiger partial charge in [-0.15, -0.1) is 0 Å². The van der Waals surface area contributed by atoms with Crippen molar-refractivity contribution in [2.75, 3.05) is 6.61 Å². The Labute approximate surface area is 348 Å². The maximum absolute atomic E-state index is 12.5. The lowest BCUT2D eigenvalue weighted by atomic mass is 10.0. The summed E-state index contributed by atoms with van der Waals surface area (Å²) in [5, 5.41) is 33.6. The van der Waals surface area contributed by atoms with Gasteiger partial charge in [0.1, 0.15) is 6.10 Å². The first kappa shape index (κ1) is 54.3. The molecule has 5 heteroatoms. The molecule has 0 aliphatic carbocycles. The lowest BCUT2D eigenvalue weighted by molar-refractivity contribution is -0.124. The first-order valence-electron chi connectivity index (χ1n) is 24.4. The fourth-order valence-electron chi connectivity index (χ4n) is 7.39. The van der Waals surface area contributed by atoms with E-state index in [1.807, 2.05) is 0 Å². The Bertz CT molecular complexity index is 912. The molecule has 328 valence electrons. The van der Waals surface area contributed by atoms with Gasteiger partial charge in [-0.3, -0.25) is 4.79 Å². The first-order chi connectivity index (χ1) is 27.6. The molecule has 5 nitrogen and oxygen atoms in total. The molecule has 0 heterocycles. The minimum Gasteiger partial charge on any atom is -0.394 e. The second-order valence-electron chi connectivity index (χ2n) is 16.6. The fraction of sp³-hybridized carbons (Fsp3) is 0.824. The molecule has 0 saturated heterocycles. The number of carbonyl (C=O) groups is 1. The summed E-state index contributed by atoms with van der Waals surface area (Å²) in [6.45, 7) is 4.08. The molecule has 0 aromatic rings. The average Bonchev–Trinajstić information content (AvgIpc) is 3.20. The largest absolute Gasteiger partial charge is 0.394 e. The summed E-state index contributed by atoms with van der Waals surface area (Å²) < 4.78 is 0. The lowest BCUT2D eigenvalue weighted by Crippen LogP contribution is -2.50. The Balaban J connectivity index is 3.65. The molecule has 0 aliphatic heterocycles. The van der Waals surface area contributed by atoms with Gasteiger partial charge >= 0.3 is 0 Å². The summed E-state index contributed by atoms with van der Waals surface area (Å²) in [7, 11) is 0. The minimum absolute atomic E-state index is 0.159. The van der Waals surface area contributed by atoms with Crippen LogP contribution < -0.4 is 5.32 Å². The zero-order valence-electron chi connectivity index (χ0n) is 37.3. The number of allylic oxidation sites excluding steroid dienone is 8. The molecule has 0 aromatic heterocycles. The molecule has 1 amide bonds. The molecular formula is C51H95NO4. The van der Waals surface area contributed by atoms with Crippen LogP contribution in [0, 0.1) is 0 Å². The van der Waals surface area contributed by atoms with Crippen molar-refractivity contribution in [3.63, 3.8) is 0 Å². The Morgan fingerprint density at radius 2 is 0.839 bits per heavy atom. The van der Waals surface area contributed by atoms with Gasteiger partial charge < -0.3 is 20.6 Å². The molecule has 3 atom stereocenters. The third-order valence-electron chi connectivity index (χ3n) is 11.1. The molecule has 0 spiro atoms. The molecule has 0 fully saturated rings. The van der Waals surface area contributed by atoms with Gasteiger partial charge in [-0.1, -0.05) is 210 Å². The van der Waals surface area contributed by atoms with Crippen molar-refractivity contribution >= 4 is 5.91 Å². The number of aliphatic hydroxyl groups is 3. The van der Waals surface area contributed by atoms with Crippen molar-refractivity contribution < 1.29 is 20.1 Å². The van der Waals surface area contributed by atoms with Crippen LogP contribution in [0.5, 0.6) is 0 Å². The Kier molecular flexibility index (Phi) is 44.6. The van der Waals surface area contributed by atoms with Crippen LogP contribution in [0.4, 0.5) is 0 Å². The van der Waals surface area contributed by atoms with Crippen LogP contribution in [0.1, 0.15) is 245 Å². The van der Waals surface area contributed by atoms with E-state index < -0.39 is 18.2 Å². The van der Waals surface area contributed by atoms with Gasteiger partial charge in [0.2, 0.25) is 5.91 Å². The molecule has 0 saturated carbocycles. The highest BCUT2D eigenvalue weighted by atomic mass is 16.3. The van der Waals surface area contributed by atoms with E-state index in [0.717, 1.165) is 57.8 Å². The fourth-order valence-corrected chi connectivity index (χ4v) is 7.39. The third kappa shape index (κ3) is 40.5. The van der Waals surface area contributed by atoms with E-state index in [0.29, 0.717) is 12.8 Å². The van der Waals surface area contributed by atoms with E-state index in [9.17, 15) is 20.1 Å². The van der Waals surface area contributed by atoms with Crippen LogP contribution in [-0.2, 0) is 4.79 Å². The van der Waals surface area contributed by atoms with Gasteiger partial charge in [0, 0.05) is 6.42 Å². The van der Waals surface area contributed by atoms with E-state index in [1.165, 1.54) is 161 Å². The molecule has 0 aromatic carbocycles. The Hall–Kier alpha value is -1.69. The molecule has 0 rings (SSSR count). The zero-order chi connectivity index (χ0) is 40.8. The molecule has 4 N–H and O–H groups in total. The van der Waals surface area contributed by atoms with Crippen molar-refractivity contribution in [3.8, 4) is 0 Å². The highest BCUT2D eigenvalue weighted by Crippen LogP contribution is 2.16. The second kappa shape index (κ2) is 46.0. The molecule has 3 unspecified atom stereocenters. The molecule has 56 heavy (non-hydrogen) atoms. The van der Waals surface area contributed by atoms with Crippen LogP contribution in [0.3, 0.4) is 0 Å². The second-order valence-corrected chi connectivity index (χ2v) is 16.6. The predicted octanol–water partition coefficient (Wildman–Crippen LogP) is 14.5. The van der Waals surface area contributed by atoms with E-state index in [2.05, 4.69) is 67.8 Å². The number of amides is 1. The summed E-state index contributed by atoms with van der Waals surface area (Å²) >= 11 is 0. The van der Waals surface area contributed by atoms with Crippen LogP contribution in [0.2, 0.25) is 0 Å². The Morgan fingerprint density at radius 3 is 1.29 bits per heavy atom. The number of hydrogen-bond acceptors (Lipinski definition) is 4. The van der Waals surface area contributed by atoms with Gasteiger partial charge in [-0.05, 0) is 77.0 Å². The van der Waals surface area contributed by atoms with Crippen LogP contribution >= 0.6 is 0 Å². The number of rotatable bonds is 44. The monoisotopic (exact) mass is 786 g/mol. The quantitative estimate of drug-likeness (QED) is 0.0366. The highest BCUT2D eigenvalue weighted by molar-refractivity contribution is 5.76. The highest BCUT2D eigenvalue weighted by Gasteiger charge is 2.26. The Morgan fingerprint density at radius 1 is 0.464 bits per heavy atom. The van der Waals surface area contributed by atoms with Gasteiger partial charge in [-0.2, -0.15) is 0 Å². The summed E-state index contributed by atoms with van der Waals surface area (Å²) in [6, 6.07) is -0.833. The van der Waals surface area contributed by atoms with Gasteiger partial charge in [0.15, 0.2) is 0 Å². The number of carbonyl (C=O) groups excluding carboxylic acids is 1. The van der Waals surface area contributed by atoms with Gasteiger partial charge in [0.05, 0.1) is 18.8 Å². The zero-order valence-corrected chi connectivity index (χ0v) is 37.3. The number of nitrogens with one attached hydrogen (secondary N) is 1. The summed E-state index contributed by atoms with van der Waals surface area (Å²) in [6.07, 6.45) is 59.5. The minimum atomic E-state index is -1.17. The van der Waals surface area contributed by atoms with E-state index in [1.54, 1.807) is 0 Å². The van der Waals surface area contributed by atoms with E-state index in [4.69, 9.17) is 0 Å². The van der Waals surface area contributed by atoms with Crippen molar-refractivity contribution in [2.45, 2.75) is 263 Å². The van der Waals surface area contributed by atoms with Crippen LogP contribution in [-0.4, -0.2) is 46.1 Å². The third-order valence-corrected chi connectivity index (χ3v) is 11.1. The van der Waals surface area contributed by atoms with Crippen molar-refractivity contribution in [3.05, 3.63) is 48.6 Å². The van der Waals surface area contributed by atoms with E-state index in [-0.39, 0.29) is 12.5 Å². The number of aliphatic hydroxyl groups excluding tert-OH is 3.